The topological polar surface area (TPSA) is 51.0 Å². The number of carbonyl (C=O) groups is 1. The Labute approximate surface area is 135 Å². The third-order valence-corrected chi connectivity index (χ3v) is 3.88. The highest BCUT2D eigenvalue weighted by Crippen LogP contribution is 2.26. The molecule has 0 saturated carbocycles. The first-order valence-electron chi connectivity index (χ1n) is 7.12. The molecule has 0 fully saturated rings. The van der Waals surface area contributed by atoms with E-state index in [0.717, 1.165) is 11.4 Å². The van der Waals surface area contributed by atoms with Gasteiger partial charge in [-0.2, -0.15) is 5.10 Å². The van der Waals surface area contributed by atoms with Gasteiger partial charge < -0.3 is 4.90 Å². The summed E-state index contributed by atoms with van der Waals surface area (Å²) in [6, 6.07) is 7.63. The van der Waals surface area contributed by atoms with Crippen LogP contribution in [0.25, 0.3) is 0 Å². The minimum Gasteiger partial charge on any atom is -0.338 e. The maximum absolute atomic E-state index is 12.7. The van der Waals surface area contributed by atoms with E-state index in [-0.39, 0.29) is 5.91 Å². The highest BCUT2D eigenvalue weighted by atomic mass is 35.5. The molecule has 1 amide bonds. The Bertz CT molecular complexity index is 666. The molecule has 0 saturated heterocycles. The smallest absolute Gasteiger partial charge is 0.228 e. The van der Waals surface area contributed by atoms with Gasteiger partial charge in [-0.3, -0.25) is 9.48 Å². The fourth-order valence-corrected chi connectivity index (χ4v) is 2.71. The molecule has 2 aromatic rings. The van der Waals surface area contributed by atoms with Crippen LogP contribution in [0.2, 0.25) is 5.02 Å². The van der Waals surface area contributed by atoms with Gasteiger partial charge in [0.25, 0.3) is 0 Å². The van der Waals surface area contributed by atoms with Gasteiger partial charge in [0.15, 0.2) is 0 Å². The van der Waals surface area contributed by atoms with E-state index in [1.165, 1.54) is 6.33 Å². The summed E-state index contributed by atoms with van der Waals surface area (Å²) in [5, 5.41) is 4.71. The maximum Gasteiger partial charge on any atom is 0.228 e. The molecule has 0 bridgehead atoms. The number of nitrogens with zero attached hydrogens (tertiary/aromatic N) is 4. The van der Waals surface area contributed by atoms with Gasteiger partial charge in [0.1, 0.15) is 12.2 Å². The van der Waals surface area contributed by atoms with Crippen molar-refractivity contribution in [3.05, 3.63) is 47.0 Å². The van der Waals surface area contributed by atoms with Gasteiger partial charge in [0, 0.05) is 24.5 Å². The first kappa shape index (κ1) is 16.5. The molecule has 0 aliphatic rings. The van der Waals surface area contributed by atoms with Crippen LogP contribution in [0.3, 0.4) is 0 Å². The van der Waals surface area contributed by atoms with Crippen molar-refractivity contribution in [2.75, 3.05) is 7.05 Å². The Morgan fingerprint density at radius 3 is 2.73 bits per heavy atom. The molecule has 118 valence electrons. The van der Waals surface area contributed by atoms with Gasteiger partial charge in [0.2, 0.25) is 5.91 Å². The first-order chi connectivity index (χ1) is 10.3. The molecule has 0 radical (unpaired) electrons. The molecular weight excluding hydrogens is 300 g/mol. The number of amides is 1. The highest BCUT2D eigenvalue weighted by molar-refractivity contribution is 6.30. The lowest BCUT2D eigenvalue weighted by molar-refractivity contribution is -0.139. The molecule has 6 heteroatoms. The van der Waals surface area contributed by atoms with Crippen LogP contribution in [0.15, 0.2) is 30.6 Å². The van der Waals surface area contributed by atoms with Gasteiger partial charge in [0.05, 0.1) is 6.54 Å². The van der Waals surface area contributed by atoms with Crippen LogP contribution in [0.4, 0.5) is 0 Å². The van der Waals surface area contributed by atoms with Crippen LogP contribution in [-0.2, 0) is 24.8 Å². The average molecular weight is 321 g/mol. The van der Waals surface area contributed by atoms with Crippen molar-refractivity contribution >= 4 is 17.5 Å². The summed E-state index contributed by atoms with van der Waals surface area (Å²) in [5.41, 5.74) is 0.538. The minimum absolute atomic E-state index is 0.0653. The zero-order valence-electron chi connectivity index (χ0n) is 13.4. The summed E-state index contributed by atoms with van der Waals surface area (Å²) in [6.45, 7) is 4.33. The molecule has 1 aromatic carbocycles. The molecule has 0 N–H and O–H groups in total. The van der Waals surface area contributed by atoms with E-state index in [9.17, 15) is 4.79 Å². The Hall–Kier alpha value is -1.88. The predicted molar refractivity (Wildman–Crippen MR) is 86.4 cm³/mol. The van der Waals surface area contributed by atoms with Gasteiger partial charge in [-0.15, -0.1) is 0 Å². The Balaban J connectivity index is 2.07. The summed E-state index contributed by atoms with van der Waals surface area (Å²) in [5.74, 6) is 0.824. The third kappa shape index (κ3) is 3.85. The van der Waals surface area contributed by atoms with E-state index in [0.29, 0.717) is 18.0 Å². The van der Waals surface area contributed by atoms with E-state index < -0.39 is 5.41 Å². The van der Waals surface area contributed by atoms with Gasteiger partial charge in [-0.1, -0.05) is 37.6 Å². The van der Waals surface area contributed by atoms with Crippen LogP contribution in [0.1, 0.15) is 25.2 Å². The molecule has 0 unspecified atom stereocenters. The van der Waals surface area contributed by atoms with E-state index in [4.69, 9.17) is 11.6 Å². The zero-order chi connectivity index (χ0) is 16.3. The lowest BCUT2D eigenvalue weighted by Crippen LogP contribution is -2.39. The zero-order valence-corrected chi connectivity index (χ0v) is 14.1. The number of aryl methyl sites for hydroxylation is 1. The summed E-state index contributed by atoms with van der Waals surface area (Å²) in [6.07, 6.45) is 2.13. The van der Waals surface area contributed by atoms with E-state index in [1.807, 2.05) is 45.2 Å². The molecule has 5 nitrogen and oxygen atoms in total. The van der Waals surface area contributed by atoms with Crippen molar-refractivity contribution < 1.29 is 4.79 Å². The number of hydrogen-bond donors (Lipinski definition) is 0. The Morgan fingerprint density at radius 2 is 2.14 bits per heavy atom. The second-order valence-corrected chi connectivity index (χ2v) is 6.59. The molecule has 0 aliphatic heterocycles. The van der Waals surface area contributed by atoms with Crippen molar-refractivity contribution in [3.8, 4) is 0 Å². The lowest BCUT2D eigenvalue weighted by atomic mass is 9.84. The average Bonchev–Trinajstić information content (AvgIpc) is 2.83. The Morgan fingerprint density at radius 1 is 1.41 bits per heavy atom. The summed E-state index contributed by atoms with van der Waals surface area (Å²) < 4.78 is 1.67. The fraction of sp³-hybridized carbons (Fsp3) is 0.438. The molecule has 0 spiro atoms. The second-order valence-electron chi connectivity index (χ2n) is 6.15. The number of aromatic nitrogens is 3. The standard InChI is InChI=1S/C16H21ClN4O/c1-16(2,9-12-6-5-7-13(17)8-12)15(22)20(3)10-14-18-11-19-21(14)4/h5-8,11H,9-10H2,1-4H3. The van der Waals surface area contributed by atoms with Crippen LogP contribution >= 0.6 is 11.6 Å². The summed E-state index contributed by atoms with van der Waals surface area (Å²) in [7, 11) is 3.61. The number of rotatable bonds is 5. The largest absolute Gasteiger partial charge is 0.338 e. The van der Waals surface area contributed by atoms with E-state index in [2.05, 4.69) is 10.1 Å². The van der Waals surface area contributed by atoms with Crippen LogP contribution in [-0.4, -0.2) is 32.6 Å². The summed E-state index contributed by atoms with van der Waals surface area (Å²) in [4.78, 5) is 18.6. The predicted octanol–water partition coefficient (Wildman–Crippen LogP) is 2.70. The number of hydrogen-bond acceptors (Lipinski definition) is 3. The molecular formula is C16H21ClN4O. The normalized spacial score (nSPS) is 11.5. The van der Waals surface area contributed by atoms with Crippen LogP contribution in [0, 0.1) is 5.41 Å². The van der Waals surface area contributed by atoms with E-state index >= 15 is 0 Å². The van der Waals surface area contributed by atoms with Crippen molar-refractivity contribution in [2.24, 2.45) is 12.5 Å². The summed E-state index contributed by atoms with van der Waals surface area (Å²) >= 11 is 6.01. The van der Waals surface area contributed by atoms with Crippen molar-refractivity contribution in [1.29, 1.82) is 0 Å². The first-order valence-corrected chi connectivity index (χ1v) is 7.50. The van der Waals surface area contributed by atoms with Gasteiger partial charge >= 0.3 is 0 Å². The van der Waals surface area contributed by atoms with E-state index in [1.54, 1.807) is 16.6 Å². The van der Waals surface area contributed by atoms with Crippen LogP contribution < -0.4 is 0 Å². The molecule has 22 heavy (non-hydrogen) atoms. The fourth-order valence-electron chi connectivity index (χ4n) is 2.50. The molecule has 1 heterocycles. The molecule has 2 rings (SSSR count). The molecule has 0 aliphatic carbocycles. The van der Waals surface area contributed by atoms with Gasteiger partial charge in [-0.25, -0.2) is 4.98 Å². The Kier molecular flexibility index (Phi) is 4.86. The number of carbonyl (C=O) groups excluding carboxylic acids is 1. The quantitative estimate of drug-likeness (QED) is 0.851. The number of halogens is 1. The minimum atomic E-state index is -0.516. The molecule has 1 aromatic heterocycles. The lowest BCUT2D eigenvalue weighted by Gasteiger charge is -2.29. The van der Waals surface area contributed by atoms with Crippen LogP contribution in [0.5, 0.6) is 0 Å². The van der Waals surface area contributed by atoms with Crippen molar-refractivity contribution in [3.63, 3.8) is 0 Å². The SMILES string of the molecule is CN(Cc1ncnn1C)C(=O)C(C)(C)Cc1cccc(Cl)c1. The maximum atomic E-state index is 12.7. The highest BCUT2D eigenvalue weighted by Gasteiger charge is 2.31. The third-order valence-electron chi connectivity index (χ3n) is 3.64. The van der Waals surface area contributed by atoms with Crippen molar-refractivity contribution in [2.45, 2.75) is 26.8 Å². The molecule has 0 atom stereocenters. The number of benzene rings is 1. The second kappa shape index (κ2) is 6.48. The van der Waals surface area contributed by atoms with Gasteiger partial charge in [-0.05, 0) is 24.1 Å². The van der Waals surface area contributed by atoms with Crippen molar-refractivity contribution in [1.82, 2.24) is 19.7 Å². The monoisotopic (exact) mass is 320 g/mol.